The van der Waals surface area contributed by atoms with Gasteiger partial charge in [-0.25, -0.2) is 0 Å². The maximum Gasteiger partial charge on any atom is 0.303 e. The van der Waals surface area contributed by atoms with E-state index in [1.54, 1.807) is 0 Å². The van der Waals surface area contributed by atoms with E-state index in [0.717, 1.165) is 19.6 Å². The summed E-state index contributed by atoms with van der Waals surface area (Å²) in [5.41, 5.74) is -0.480. The number of carboxylic acid groups (broad SMARTS) is 1. The Morgan fingerprint density at radius 3 is 2.39 bits per heavy atom. The number of amides is 1. The molecule has 1 unspecified atom stereocenters. The molecule has 0 spiro atoms. The first-order valence-electron chi connectivity index (χ1n) is 6.41. The van der Waals surface area contributed by atoms with Crippen molar-refractivity contribution in [3.8, 4) is 0 Å². The predicted molar refractivity (Wildman–Crippen MR) is 69.3 cm³/mol. The Kier molecular flexibility index (Phi) is 4.73. The number of hydrogen-bond acceptors (Lipinski definition) is 3. The summed E-state index contributed by atoms with van der Waals surface area (Å²) < 4.78 is 0. The van der Waals surface area contributed by atoms with Gasteiger partial charge in [-0.15, -0.1) is 0 Å². The molecule has 0 radical (unpaired) electrons. The maximum absolute atomic E-state index is 12.2. The number of aliphatic carboxylic acids is 1. The van der Waals surface area contributed by atoms with Crippen molar-refractivity contribution in [3.05, 3.63) is 0 Å². The normalized spacial score (nSPS) is 22.0. The largest absolute Gasteiger partial charge is 0.481 e. The molecular weight excluding hydrogens is 232 g/mol. The van der Waals surface area contributed by atoms with Crippen LogP contribution in [0.1, 0.15) is 33.6 Å². The van der Waals surface area contributed by atoms with Crippen molar-refractivity contribution in [2.24, 2.45) is 5.41 Å². The Hall–Kier alpha value is -1.10. The standard InChI is InChI=1S/C13H24N2O3/c1-10-9-14(4)5-6-15(10)11(16)7-13(2,3)8-12(17)18/h10H,5-9H2,1-4H3,(H,17,18). The minimum Gasteiger partial charge on any atom is -0.481 e. The molecule has 104 valence electrons. The third-order valence-corrected chi connectivity index (χ3v) is 3.41. The van der Waals surface area contributed by atoms with Gasteiger partial charge in [-0.1, -0.05) is 13.8 Å². The van der Waals surface area contributed by atoms with Crippen LogP contribution in [-0.4, -0.2) is 59.5 Å². The molecule has 0 aromatic carbocycles. The van der Waals surface area contributed by atoms with E-state index in [1.165, 1.54) is 0 Å². The number of likely N-dealkylation sites (N-methyl/N-ethyl adjacent to an activating group) is 1. The van der Waals surface area contributed by atoms with Crippen LogP contribution in [0.2, 0.25) is 0 Å². The van der Waals surface area contributed by atoms with E-state index in [0.29, 0.717) is 6.42 Å². The van der Waals surface area contributed by atoms with Crippen LogP contribution in [-0.2, 0) is 9.59 Å². The second kappa shape index (κ2) is 5.69. The minimum atomic E-state index is -0.848. The highest BCUT2D eigenvalue weighted by atomic mass is 16.4. The van der Waals surface area contributed by atoms with Crippen LogP contribution in [0.4, 0.5) is 0 Å². The van der Waals surface area contributed by atoms with E-state index in [2.05, 4.69) is 4.90 Å². The van der Waals surface area contributed by atoms with Gasteiger partial charge >= 0.3 is 5.97 Å². The zero-order chi connectivity index (χ0) is 13.9. The molecule has 1 saturated heterocycles. The molecule has 18 heavy (non-hydrogen) atoms. The van der Waals surface area contributed by atoms with Crippen LogP contribution >= 0.6 is 0 Å². The molecule has 1 aliphatic rings. The molecule has 1 amide bonds. The van der Waals surface area contributed by atoms with E-state index in [9.17, 15) is 9.59 Å². The van der Waals surface area contributed by atoms with E-state index in [4.69, 9.17) is 5.11 Å². The lowest BCUT2D eigenvalue weighted by Gasteiger charge is -2.39. The molecule has 0 aromatic rings. The van der Waals surface area contributed by atoms with Gasteiger partial charge in [0.15, 0.2) is 0 Å². The first kappa shape index (κ1) is 15.0. The van der Waals surface area contributed by atoms with Crippen LogP contribution in [0.15, 0.2) is 0 Å². The molecule has 1 heterocycles. The Morgan fingerprint density at radius 1 is 1.28 bits per heavy atom. The van der Waals surface area contributed by atoms with E-state index >= 15 is 0 Å². The van der Waals surface area contributed by atoms with Crippen molar-refractivity contribution >= 4 is 11.9 Å². The van der Waals surface area contributed by atoms with Crippen molar-refractivity contribution in [3.63, 3.8) is 0 Å². The van der Waals surface area contributed by atoms with Gasteiger partial charge in [0, 0.05) is 32.1 Å². The monoisotopic (exact) mass is 256 g/mol. The Bertz CT molecular complexity index is 328. The highest BCUT2D eigenvalue weighted by molar-refractivity contribution is 5.78. The van der Waals surface area contributed by atoms with Gasteiger partial charge in [-0.05, 0) is 19.4 Å². The maximum atomic E-state index is 12.2. The van der Waals surface area contributed by atoms with Crippen LogP contribution < -0.4 is 0 Å². The lowest BCUT2D eigenvalue weighted by molar-refractivity contribution is -0.141. The van der Waals surface area contributed by atoms with E-state index in [-0.39, 0.29) is 18.4 Å². The zero-order valence-corrected chi connectivity index (χ0v) is 11.8. The summed E-state index contributed by atoms with van der Waals surface area (Å²) in [5, 5.41) is 8.83. The van der Waals surface area contributed by atoms with Crippen LogP contribution in [0.3, 0.4) is 0 Å². The molecule has 0 aliphatic carbocycles. The van der Waals surface area contributed by atoms with Crippen molar-refractivity contribution in [2.75, 3.05) is 26.7 Å². The van der Waals surface area contributed by atoms with Crippen molar-refractivity contribution in [1.29, 1.82) is 0 Å². The molecule has 1 N–H and O–H groups in total. The lowest BCUT2D eigenvalue weighted by Crippen LogP contribution is -2.53. The highest BCUT2D eigenvalue weighted by Crippen LogP contribution is 2.26. The van der Waals surface area contributed by atoms with Crippen molar-refractivity contribution in [2.45, 2.75) is 39.7 Å². The Morgan fingerprint density at radius 2 is 1.89 bits per heavy atom. The molecule has 1 atom stereocenters. The Balaban J connectivity index is 2.57. The predicted octanol–water partition coefficient (Wildman–Crippen LogP) is 1.04. The summed E-state index contributed by atoms with van der Waals surface area (Å²) >= 11 is 0. The number of carbonyl (C=O) groups is 2. The summed E-state index contributed by atoms with van der Waals surface area (Å²) in [5.74, 6) is -0.777. The third-order valence-electron chi connectivity index (χ3n) is 3.41. The molecule has 0 bridgehead atoms. The van der Waals surface area contributed by atoms with Gasteiger partial charge in [-0.2, -0.15) is 0 Å². The molecule has 0 saturated carbocycles. The minimum absolute atomic E-state index is 0.0286. The second-order valence-corrected chi connectivity index (χ2v) is 6.11. The fourth-order valence-electron chi connectivity index (χ4n) is 2.49. The fourth-order valence-corrected chi connectivity index (χ4v) is 2.49. The highest BCUT2D eigenvalue weighted by Gasteiger charge is 2.31. The summed E-state index contributed by atoms with van der Waals surface area (Å²) in [7, 11) is 2.05. The average molecular weight is 256 g/mol. The second-order valence-electron chi connectivity index (χ2n) is 6.11. The summed E-state index contributed by atoms with van der Waals surface area (Å²) in [6, 6.07) is 0.205. The molecule has 5 heteroatoms. The lowest BCUT2D eigenvalue weighted by atomic mass is 9.85. The van der Waals surface area contributed by atoms with Gasteiger partial charge in [0.1, 0.15) is 0 Å². The quantitative estimate of drug-likeness (QED) is 0.816. The number of carbonyl (C=O) groups excluding carboxylic acids is 1. The number of carboxylic acids is 1. The molecule has 1 rings (SSSR count). The van der Waals surface area contributed by atoms with Crippen LogP contribution in [0.25, 0.3) is 0 Å². The van der Waals surface area contributed by atoms with Gasteiger partial charge in [-0.3, -0.25) is 9.59 Å². The topological polar surface area (TPSA) is 60.9 Å². The van der Waals surface area contributed by atoms with Gasteiger partial charge in [0.2, 0.25) is 5.91 Å². The summed E-state index contributed by atoms with van der Waals surface area (Å²) in [4.78, 5) is 27.1. The first-order chi connectivity index (χ1) is 8.21. The van der Waals surface area contributed by atoms with Gasteiger partial charge in [0.05, 0.1) is 6.42 Å². The smallest absolute Gasteiger partial charge is 0.303 e. The first-order valence-corrected chi connectivity index (χ1v) is 6.41. The van der Waals surface area contributed by atoms with Gasteiger partial charge in [0.25, 0.3) is 0 Å². The molecule has 5 nitrogen and oxygen atoms in total. The third kappa shape index (κ3) is 4.29. The number of hydrogen-bond donors (Lipinski definition) is 1. The number of nitrogens with zero attached hydrogens (tertiary/aromatic N) is 2. The molecule has 0 aromatic heterocycles. The van der Waals surface area contributed by atoms with Gasteiger partial charge < -0.3 is 14.9 Å². The van der Waals surface area contributed by atoms with Crippen LogP contribution in [0, 0.1) is 5.41 Å². The number of rotatable bonds is 4. The molecule has 1 aliphatic heterocycles. The van der Waals surface area contributed by atoms with Crippen molar-refractivity contribution < 1.29 is 14.7 Å². The SMILES string of the molecule is CC1CN(C)CCN1C(=O)CC(C)(C)CC(=O)O. The van der Waals surface area contributed by atoms with E-state index in [1.807, 2.05) is 32.7 Å². The summed E-state index contributed by atoms with van der Waals surface area (Å²) in [6.45, 7) is 8.21. The average Bonchev–Trinajstić information content (AvgIpc) is 2.13. The molecular formula is C13H24N2O3. The van der Waals surface area contributed by atoms with Crippen molar-refractivity contribution in [1.82, 2.24) is 9.80 Å². The fraction of sp³-hybridized carbons (Fsp3) is 0.846. The van der Waals surface area contributed by atoms with Crippen LogP contribution in [0.5, 0.6) is 0 Å². The number of piperazine rings is 1. The molecule has 1 fully saturated rings. The Labute approximate surface area is 109 Å². The van der Waals surface area contributed by atoms with E-state index < -0.39 is 11.4 Å². The zero-order valence-electron chi connectivity index (χ0n) is 11.8. The summed E-state index contributed by atoms with van der Waals surface area (Å²) in [6.07, 6.45) is 0.328.